The summed E-state index contributed by atoms with van der Waals surface area (Å²) in [7, 11) is 3.45. The molecule has 3 heterocycles. The molecule has 4 rings (SSSR count). The van der Waals surface area contributed by atoms with Crippen LogP contribution in [-0.2, 0) is 7.05 Å². The number of nitrogens with one attached hydrogen (secondary N) is 1. The number of benzene rings is 1. The minimum absolute atomic E-state index is 0.396. The number of imidazole rings is 1. The van der Waals surface area contributed by atoms with Crippen molar-refractivity contribution < 1.29 is 4.74 Å². The average Bonchev–Trinajstić information content (AvgIpc) is 3.24. The quantitative estimate of drug-likeness (QED) is 0.230. The maximum atomic E-state index is 6.29. The van der Waals surface area contributed by atoms with Gasteiger partial charge in [-0.15, -0.1) is 0 Å². The van der Waals surface area contributed by atoms with Gasteiger partial charge in [0.15, 0.2) is 17.2 Å². The molecule has 0 saturated carbocycles. The number of aryl methyl sites for hydroxylation is 2. The Morgan fingerprint density at radius 3 is 2.75 bits per heavy atom. The van der Waals surface area contributed by atoms with Crippen LogP contribution in [0, 0.1) is 6.92 Å². The fraction of sp³-hybridized carbons (Fsp3) is 0.176. The van der Waals surface area contributed by atoms with Crippen LogP contribution in [0.15, 0.2) is 30.6 Å². The monoisotopic (exact) mass is 527 g/mol. The number of rotatable bonds is 5. The maximum Gasteiger partial charge on any atom is 0.184 e. The van der Waals surface area contributed by atoms with Crippen LogP contribution >= 0.6 is 40.0 Å². The van der Waals surface area contributed by atoms with E-state index >= 15 is 0 Å². The van der Waals surface area contributed by atoms with Gasteiger partial charge in [-0.3, -0.25) is 9.02 Å². The summed E-state index contributed by atoms with van der Waals surface area (Å²) in [5.41, 5.74) is 3.83. The molecule has 0 aliphatic carbocycles. The highest BCUT2D eigenvalue weighted by Crippen LogP contribution is 2.39. The van der Waals surface area contributed by atoms with E-state index < -0.39 is 0 Å². The summed E-state index contributed by atoms with van der Waals surface area (Å²) in [5.74, 6) is 2.12. The third kappa shape index (κ3) is 3.42. The van der Waals surface area contributed by atoms with Crippen LogP contribution in [0.3, 0.4) is 0 Å². The van der Waals surface area contributed by atoms with Crippen LogP contribution < -0.4 is 10.1 Å². The van der Waals surface area contributed by atoms with Gasteiger partial charge in [0, 0.05) is 13.1 Å². The van der Waals surface area contributed by atoms with Crippen molar-refractivity contribution in [2.45, 2.75) is 6.92 Å². The number of pyridine rings is 1. The van der Waals surface area contributed by atoms with Crippen LogP contribution in [0.2, 0.25) is 5.15 Å². The third-order valence-corrected chi connectivity index (χ3v) is 6.51. The lowest BCUT2D eigenvalue weighted by atomic mass is 10.1. The fourth-order valence-electron chi connectivity index (χ4n) is 2.96. The van der Waals surface area contributed by atoms with Crippen LogP contribution in [0.1, 0.15) is 5.82 Å². The van der Waals surface area contributed by atoms with E-state index in [1.807, 2.05) is 36.5 Å². The van der Waals surface area contributed by atoms with E-state index in [1.54, 1.807) is 24.2 Å². The number of nitrogens with zero attached hydrogens (tertiary/aromatic N) is 6. The highest BCUT2D eigenvalue weighted by atomic mass is 127. The third-order valence-electron chi connectivity index (χ3n) is 4.17. The Hall–Kier alpha value is -1.97. The molecule has 0 amide bonds. The first-order valence-corrected chi connectivity index (χ1v) is 12.7. The molecule has 0 radical (unpaired) electrons. The van der Waals surface area contributed by atoms with Gasteiger partial charge in [0.25, 0.3) is 0 Å². The zero-order valence-corrected chi connectivity index (χ0v) is 19.1. The van der Waals surface area contributed by atoms with E-state index in [4.69, 9.17) is 16.3 Å². The van der Waals surface area contributed by atoms with Crippen LogP contribution in [0.4, 0.5) is 11.4 Å². The molecule has 11 heteroatoms. The number of anilines is 2. The van der Waals surface area contributed by atoms with Crippen molar-refractivity contribution in [3.05, 3.63) is 41.6 Å². The van der Waals surface area contributed by atoms with Crippen molar-refractivity contribution in [3.8, 4) is 17.1 Å². The molecule has 0 fully saturated rings. The predicted octanol–water partition coefficient (Wildman–Crippen LogP) is 4.73. The highest BCUT2D eigenvalue weighted by Gasteiger charge is 2.18. The number of hydrogen-bond donors (Lipinski definition) is 1. The van der Waals surface area contributed by atoms with Crippen LogP contribution in [0.5, 0.6) is 5.75 Å². The minimum atomic E-state index is 0.396. The lowest BCUT2D eigenvalue weighted by Gasteiger charge is -2.14. The second kappa shape index (κ2) is 7.81. The highest BCUT2D eigenvalue weighted by molar-refractivity contribution is 14.2. The fourth-order valence-corrected chi connectivity index (χ4v) is 5.29. The average molecular weight is 528 g/mol. The summed E-state index contributed by atoms with van der Waals surface area (Å²) in [6.45, 7) is 1.96. The van der Waals surface area contributed by atoms with E-state index in [1.165, 1.54) is 0 Å². The summed E-state index contributed by atoms with van der Waals surface area (Å²) in [4.78, 5) is 13.5. The Morgan fingerprint density at radius 1 is 1.25 bits per heavy atom. The number of para-hydroxylation sites is 1. The zero-order valence-electron chi connectivity index (χ0n) is 15.2. The standard InChI is InChI=1S/C17H16ClIN7OP/c1-9-21-14-12(7-13(18)23-17(14)26(9)28-19)22-11-6-4-5-10(15(11)27-3)16-20-8-25(2)24-16/h4-8,28H,1-3H3,(H,22,23). The largest absolute Gasteiger partial charge is 0.494 e. The molecule has 8 nitrogen and oxygen atoms in total. The second-order valence-corrected chi connectivity index (χ2v) is 8.45. The van der Waals surface area contributed by atoms with Gasteiger partial charge in [-0.1, -0.05) is 17.7 Å². The molecule has 0 bridgehead atoms. The molecule has 1 aromatic carbocycles. The van der Waals surface area contributed by atoms with E-state index in [9.17, 15) is 0 Å². The first-order chi connectivity index (χ1) is 13.5. The van der Waals surface area contributed by atoms with Crippen molar-refractivity contribution in [2.24, 2.45) is 7.05 Å². The van der Waals surface area contributed by atoms with E-state index in [2.05, 4.69) is 47.4 Å². The van der Waals surface area contributed by atoms with Gasteiger partial charge < -0.3 is 10.1 Å². The smallest absolute Gasteiger partial charge is 0.184 e. The van der Waals surface area contributed by atoms with E-state index in [-0.39, 0.29) is 0 Å². The normalized spacial score (nSPS) is 11.6. The number of hydrogen-bond acceptors (Lipinski definition) is 6. The molecule has 0 spiro atoms. The lowest BCUT2D eigenvalue weighted by Crippen LogP contribution is -1.99. The molecular weight excluding hydrogens is 512 g/mol. The number of fused-ring (bicyclic) bond motifs is 1. The van der Waals surface area contributed by atoms with Crippen molar-refractivity contribution in [3.63, 3.8) is 0 Å². The predicted molar refractivity (Wildman–Crippen MR) is 121 cm³/mol. The topological polar surface area (TPSA) is 82.7 Å². The molecular formula is C17H16ClIN7OP. The molecule has 1 atom stereocenters. The van der Waals surface area contributed by atoms with E-state index in [0.29, 0.717) is 23.1 Å². The summed E-state index contributed by atoms with van der Waals surface area (Å²) < 4.78 is 9.37. The van der Waals surface area contributed by atoms with Crippen LogP contribution in [0.25, 0.3) is 22.6 Å². The molecule has 0 saturated heterocycles. The number of halogens is 2. The minimum Gasteiger partial charge on any atom is -0.494 e. The van der Waals surface area contributed by atoms with Gasteiger partial charge in [0.2, 0.25) is 0 Å². The molecule has 0 aliphatic heterocycles. The Balaban J connectivity index is 1.84. The van der Waals surface area contributed by atoms with Gasteiger partial charge >= 0.3 is 0 Å². The van der Waals surface area contributed by atoms with Crippen LogP contribution in [-0.4, -0.2) is 36.2 Å². The molecule has 3 aromatic heterocycles. The Kier molecular flexibility index (Phi) is 5.39. The molecule has 1 unspecified atom stereocenters. The molecule has 28 heavy (non-hydrogen) atoms. The summed E-state index contributed by atoms with van der Waals surface area (Å²) >= 11 is 8.59. The Labute approximate surface area is 181 Å². The van der Waals surface area contributed by atoms with Gasteiger partial charge in [-0.2, -0.15) is 5.10 Å². The summed E-state index contributed by atoms with van der Waals surface area (Å²) in [6, 6.07) is 7.54. The van der Waals surface area contributed by atoms with Crippen molar-refractivity contribution in [1.82, 2.24) is 29.1 Å². The van der Waals surface area contributed by atoms with E-state index in [0.717, 1.165) is 33.9 Å². The number of methoxy groups -OCH3 is 1. The number of ether oxygens (including phenoxy) is 1. The lowest BCUT2D eigenvalue weighted by molar-refractivity contribution is 0.418. The number of aromatic nitrogens is 6. The molecule has 1 N–H and O–H groups in total. The second-order valence-electron chi connectivity index (χ2n) is 6.00. The van der Waals surface area contributed by atoms with Crippen molar-refractivity contribution in [1.29, 1.82) is 0 Å². The van der Waals surface area contributed by atoms with Crippen molar-refractivity contribution >= 4 is 62.6 Å². The van der Waals surface area contributed by atoms with Crippen molar-refractivity contribution in [2.75, 3.05) is 12.4 Å². The van der Waals surface area contributed by atoms with Gasteiger partial charge in [-0.05, 0) is 41.1 Å². The molecule has 144 valence electrons. The van der Waals surface area contributed by atoms with Gasteiger partial charge in [-0.25, -0.2) is 15.0 Å². The Morgan fingerprint density at radius 2 is 2.07 bits per heavy atom. The Bertz CT molecular complexity index is 1180. The SMILES string of the molecule is COc1c(Nc2cc(Cl)nc3c2nc(C)n3PI)cccc1-c1ncn(C)n1. The van der Waals surface area contributed by atoms with Gasteiger partial charge in [0.05, 0.1) is 30.4 Å². The summed E-state index contributed by atoms with van der Waals surface area (Å²) in [5, 5.41) is 8.18. The maximum absolute atomic E-state index is 6.29. The zero-order chi connectivity index (χ0) is 19.8. The first-order valence-electron chi connectivity index (χ1n) is 8.24. The molecule has 0 aliphatic rings. The van der Waals surface area contributed by atoms with Gasteiger partial charge in [0.1, 0.15) is 22.8 Å². The molecule has 4 aromatic rings. The summed E-state index contributed by atoms with van der Waals surface area (Å²) in [6.07, 6.45) is 2.13. The first kappa shape index (κ1) is 19.4.